The van der Waals surface area contributed by atoms with E-state index in [4.69, 9.17) is 10.2 Å². The van der Waals surface area contributed by atoms with Crippen LogP contribution in [0.25, 0.3) is 5.65 Å². The Morgan fingerprint density at radius 1 is 1.07 bits per heavy atom. The molecule has 12 heteroatoms. The summed E-state index contributed by atoms with van der Waals surface area (Å²) in [5.41, 5.74) is 2.30. The number of nitriles is 2. The van der Waals surface area contributed by atoms with Crippen molar-refractivity contribution in [3.8, 4) is 12.1 Å². The fraction of sp³-hybridized carbons (Fsp3) is 0.250. The lowest BCUT2D eigenvalue weighted by molar-refractivity contribution is 0.0698. The first-order valence-electron chi connectivity index (χ1n) is 12.6. The van der Waals surface area contributed by atoms with Gasteiger partial charge in [0.2, 0.25) is 5.95 Å². The van der Waals surface area contributed by atoms with Crippen molar-refractivity contribution in [2.45, 2.75) is 19.9 Å². The predicted octanol–water partition coefficient (Wildman–Crippen LogP) is 2.73. The molecule has 0 amide bonds. The van der Waals surface area contributed by atoms with E-state index >= 15 is 0 Å². The second-order valence-electron chi connectivity index (χ2n) is 9.47. The molecule has 40 heavy (non-hydrogen) atoms. The van der Waals surface area contributed by atoms with Gasteiger partial charge in [0.15, 0.2) is 11.4 Å². The molecular formula is C28H25N9O3. The maximum atomic E-state index is 13.5. The van der Waals surface area contributed by atoms with Crippen LogP contribution in [-0.2, 0) is 0 Å². The van der Waals surface area contributed by atoms with Gasteiger partial charge in [0.1, 0.15) is 17.8 Å². The molecule has 5 rings (SSSR count). The topological polar surface area (TPSA) is 164 Å². The Bertz CT molecular complexity index is 1740. The number of para-hydroxylation sites is 1. The predicted molar refractivity (Wildman–Crippen MR) is 148 cm³/mol. The standard InChI is InChI=1S/C28H25N9O3/c1-17-11-21(18(2)33-23-6-4-3-5-20(23)27(39)40)25-34-24(22(13-30)26(38)37(25)16-17)35-7-9-36(10-8-35)28-31-14-19(12-29)15-32-28/h3-6,11,14-16,18,33H,7-10H2,1-2H3,(H,39,40)/t18-/m1/s1. The molecule has 4 aromatic rings. The summed E-state index contributed by atoms with van der Waals surface area (Å²) in [6.45, 7) is 5.72. The third-order valence-electron chi connectivity index (χ3n) is 6.81. The van der Waals surface area contributed by atoms with Crippen molar-refractivity contribution in [2.75, 3.05) is 41.3 Å². The third kappa shape index (κ3) is 4.86. The van der Waals surface area contributed by atoms with Gasteiger partial charge in [0.05, 0.1) is 29.6 Å². The number of aryl methyl sites for hydroxylation is 1. The monoisotopic (exact) mass is 535 g/mol. The minimum absolute atomic E-state index is 0.0473. The third-order valence-corrected chi connectivity index (χ3v) is 6.81. The molecule has 0 saturated carbocycles. The van der Waals surface area contributed by atoms with E-state index in [1.807, 2.05) is 41.9 Å². The van der Waals surface area contributed by atoms with Gasteiger partial charge in [-0.25, -0.2) is 19.7 Å². The zero-order chi connectivity index (χ0) is 28.4. The molecular weight excluding hydrogens is 510 g/mol. The van der Waals surface area contributed by atoms with Gasteiger partial charge in [0.25, 0.3) is 5.56 Å². The molecule has 12 nitrogen and oxygen atoms in total. The average molecular weight is 536 g/mol. The summed E-state index contributed by atoms with van der Waals surface area (Å²) in [7, 11) is 0. The van der Waals surface area contributed by atoms with Gasteiger partial charge in [-0.1, -0.05) is 12.1 Å². The first-order chi connectivity index (χ1) is 19.3. The van der Waals surface area contributed by atoms with Crippen LogP contribution in [0.5, 0.6) is 0 Å². The lowest BCUT2D eigenvalue weighted by Crippen LogP contribution is -2.48. The first kappa shape index (κ1) is 26.1. The van der Waals surface area contributed by atoms with Crippen LogP contribution in [-0.4, -0.2) is 56.6 Å². The number of carbonyl (C=O) groups is 1. The molecule has 1 aromatic carbocycles. The highest BCUT2D eigenvalue weighted by atomic mass is 16.4. The lowest BCUT2D eigenvalue weighted by atomic mass is 10.1. The number of nitrogens with zero attached hydrogens (tertiary/aromatic N) is 8. The van der Waals surface area contributed by atoms with Gasteiger partial charge in [-0.05, 0) is 37.6 Å². The maximum absolute atomic E-state index is 13.5. The smallest absolute Gasteiger partial charge is 0.337 e. The van der Waals surface area contributed by atoms with Crippen LogP contribution >= 0.6 is 0 Å². The van der Waals surface area contributed by atoms with Crippen molar-refractivity contribution in [1.29, 1.82) is 10.5 Å². The minimum atomic E-state index is -1.05. The summed E-state index contributed by atoms with van der Waals surface area (Å²) in [5.74, 6) is -0.244. The van der Waals surface area contributed by atoms with Crippen LogP contribution < -0.4 is 20.7 Å². The zero-order valence-electron chi connectivity index (χ0n) is 21.9. The number of piperazine rings is 1. The van der Waals surface area contributed by atoms with E-state index in [1.54, 1.807) is 24.4 Å². The summed E-state index contributed by atoms with van der Waals surface area (Å²) in [4.78, 5) is 42.5. The quantitative estimate of drug-likeness (QED) is 0.373. The van der Waals surface area contributed by atoms with E-state index in [9.17, 15) is 20.0 Å². The molecule has 0 radical (unpaired) electrons. The molecule has 3 aromatic heterocycles. The summed E-state index contributed by atoms with van der Waals surface area (Å²) in [6, 6.07) is 12.2. The van der Waals surface area contributed by atoms with E-state index < -0.39 is 17.6 Å². The number of nitrogens with one attached hydrogen (secondary N) is 1. The Labute approximate surface area is 229 Å². The Morgan fingerprint density at radius 2 is 1.75 bits per heavy atom. The number of carboxylic acids is 1. The van der Waals surface area contributed by atoms with Crippen molar-refractivity contribution >= 4 is 29.1 Å². The number of rotatable bonds is 6. The summed E-state index contributed by atoms with van der Waals surface area (Å²) >= 11 is 0. The SMILES string of the molecule is Cc1cc([C@@H](C)Nc2ccccc2C(=O)O)c2nc(N3CCN(c4ncc(C#N)cn4)CC3)c(C#N)c(=O)n2c1. The van der Waals surface area contributed by atoms with E-state index in [1.165, 1.54) is 22.9 Å². The van der Waals surface area contributed by atoms with Crippen LogP contribution in [0.15, 0.2) is 53.7 Å². The van der Waals surface area contributed by atoms with E-state index in [2.05, 4.69) is 15.3 Å². The summed E-state index contributed by atoms with van der Waals surface area (Å²) in [5, 5.41) is 31.8. The van der Waals surface area contributed by atoms with Crippen molar-refractivity contribution in [3.05, 3.63) is 87.1 Å². The number of benzene rings is 1. The molecule has 2 N–H and O–H groups in total. The van der Waals surface area contributed by atoms with E-state index in [0.717, 1.165) is 5.56 Å². The van der Waals surface area contributed by atoms with Crippen molar-refractivity contribution in [1.82, 2.24) is 19.4 Å². The number of aromatic nitrogens is 4. The van der Waals surface area contributed by atoms with Gasteiger partial charge in [0, 0.05) is 43.6 Å². The maximum Gasteiger partial charge on any atom is 0.337 e. The van der Waals surface area contributed by atoms with Crippen LogP contribution in [0.3, 0.4) is 0 Å². The Hall–Kier alpha value is -5.49. The van der Waals surface area contributed by atoms with Gasteiger partial charge in [-0.15, -0.1) is 0 Å². The number of carboxylic acid groups (broad SMARTS) is 1. The second-order valence-corrected chi connectivity index (χ2v) is 9.47. The normalized spacial score (nSPS) is 13.9. The van der Waals surface area contributed by atoms with Crippen molar-refractivity contribution in [3.63, 3.8) is 0 Å². The van der Waals surface area contributed by atoms with Gasteiger partial charge in [-0.2, -0.15) is 10.5 Å². The number of hydrogen-bond donors (Lipinski definition) is 2. The van der Waals surface area contributed by atoms with E-state index in [0.29, 0.717) is 60.4 Å². The molecule has 4 heterocycles. The van der Waals surface area contributed by atoms with E-state index in [-0.39, 0.29) is 11.1 Å². The number of aromatic carboxylic acids is 1. The fourth-order valence-electron chi connectivity index (χ4n) is 4.81. The van der Waals surface area contributed by atoms with Crippen molar-refractivity contribution in [2.24, 2.45) is 0 Å². The molecule has 0 spiro atoms. The average Bonchev–Trinajstić information content (AvgIpc) is 2.97. The van der Waals surface area contributed by atoms with Gasteiger partial charge in [-0.3, -0.25) is 9.20 Å². The number of pyridine rings is 1. The molecule has 200 valence electrons. The molecule has 0 bridgehead atoms. The lowest BCUT2D eigenvalue weighted by Gasteiger charge is -2.35. The fourth-order valence-corrected chi connectivity index (χ4v) is 4.81. The molecule has 1 aliphatic rings. The Kier molecular flexibility index (Phi) is 7.00. The Morgan fingerprint density at radius 3 is 2.40 bits per heavy atom. The highest BCUT2D eigenvalue weighted by Gasteiger charge is 2.26. The van der Waals surface area contributed by atoms with Gasteiger partial charge >= 0.3 is 5.97 Å². The number of fused-ring (bicyclic) bond motifs is 1. The second kappa shape index (κ2) is 10.7. The highest BCUT2D eigenvalue weighted by molar-refractivity contribution is 5.94. The first-order valence-corrected chi connectivity index (χ1v) is 12.6. The molecule has 0 unspecified atom stereocenters. The largest absolute Gasteiger partial charge is 0.478 e. The minimum Gasteiger partial charge on any atom is -0.478 e. The van der Waals surface area contributed by atoms with Crippen molar-refractivity contribution < 1.29 is 9.90 Å². The zero-order valence-corrected chi connectivity index (χ0v) is 21.9. The van der Waals surface area contributed by atoms with Crippen LogP contribution in [0.1, 0.15) is 45.6 Å². The molecule has 1 atom stereocenters. The number of hydrogen-bond acceptors (Lipinski definition) is 10. The van der Waals surface area contributed by atoms with Crippen LogP contribution in [0, 0.1) is 29.6 Å². The summed E-state index contributed by atoms with van der Waals surface area (Å²) in [6.07, 6.45) is 4.60. The number of anilines is 3. The molecule has 1 fully saturated rings. The highest BCUT2D eigenvalue weighted by Crippen LogP contribution is 2.27. The summed E-state index contributed by atoms with van der Waals surface area (Å²) < 4.78 is 1.38. The Balaban J connectivity index is 1.50. The van der Waals surface area contributed by atoms with Crippen LogP contribution in [0.2, 0.25) is 0 Å². The van der Waals surface area contributed by atoms with Crippen LogP contribution in [0.4, 0.5) is 17.5 Å². The molecule has 1 aliphatic heterocycles. The van der Waals surface area contributed by atoms with Gasteiger partial charge < -0.3 is 20.2 Å². The molecule has 1 saturated heterocycles. The molecule has 0 aliphatic carbocycles.